The fourth-order valence-electron chi connectivity index (χ4n) is 0.539. The van der Waals surface area contributed by atoms with E-state index >= 15 is 0 Å². The highest BCUT2D eigenvalue weighted by atomic mass is 32.1. The van der Waals surface area contributed by atoms with Gasteiger partial charge in [-0.25, -0.2) is 0 Å². The predicted octanol–water partition coefficient (Wildman–Crippen LogP) is 0.659. The van der Waals surface area contributed by atoms with Crippen molar-refractivity contribution in [3.63, 3.8) is 0 Å². The third-order valence-corrected chi connectivity index (χ3v) is 1.01. The highest BCUT2D eigenvalue weighted by Crippen LogP contribution is 1.89. The van der Waals surface area contributed by atoms with Crippen LogP contribution in [0.4, 0.5) is 0 Å². The molecule has 0 saturated heterocycles. The summed E-state index contributed by atoms with van der Waals surface area (Å²) in [6, 6.07) is 1.84. The van der Waals surface area contributed by atoms with E-state index in [-0.39, 0.29) is 0 Å². The van der Waals surface area contributed by atoms with E-state index < -0.39 is 0 Å². The zero-order valence-electron chi connectivity index (χ0n) is 5.00. The minimum atomic E-state index is 0.757. The van der Waals surface area contributed by atoms with Crippen molar-refractivity contribution >= 4 is 12.6 Å². The fraction of sp³-hybridized carbons (Fsp3) is 0.167. The molecule has 0 atom stereocenters. The van der Waals surface area contributed by atoms with Gasteiger partial charge in [-0.2, -0.15) is 5.10 Å². The van der Waals surface area contributed by atoms with Gasteiger partial charge in [-0.3, -0.25) is 4.68 Å². The average molecular weight is 138 g/mol. The first-order chi connectivity index (χ1) is 4.33. The average Bonchev–Trinajstić information content (AvgIpc) is 2.17. The van der Waals surface area contributed by atoms with Crippen LogP contribution in [-0.2, 0) is 7.05 Å². The van der Waals surface area contributed by atoms with E-state index in [1.165, 1.54) is 0 Å². The molecule has 46 valence electrons. The number of rotatable bonds is 0. The minimum Gasteiger partial charge on any atom is -0.275 e. The Hall–Kier alpha value is -0.880. The van der Waals surface area contributed by atoms with Gasteiger partial charge in [-0.1, -0.05) is 12.6 Å². The Morgan fingerprint density at radius 3 is 3.00 bits per heavy atom. The van der Waals surface area contributed by atoms with Crippen LogP contribution in [0.25, 0.3) is 0 Å². The lowest BCUT2D eigenvalue weighted by Gasteiger charge is -1.79. The molecule has 1 aromatic heterocycles. The van der Waals surface area contributed by atoms with Crippen LogP contribution in [0, 0.1) is 11.2 Å². The summed E-state index contributed by atoms with van der Waals surface area (Å²) in [6.07, 6.45) is 1.84. The molecular weight excluding hydrogens is 132 g/mol. The van der Waals surface area contributed by atoms with Gasteiger partial charge in [0, 0.05) is 13.2 Å². The standard InChI is InChI=1S/C6H6N2S/c1-8-4-2-6(7-8)3-5-9/h2,4,9H,1H3. The first kappa shape index (κ1) is 6.24. The van der Waals surface area contributed by atoms with Gasteiger partial charge in [0.2, 0.25) is 0 Å². The van der Waals surface area contributed by atoms with E-state index in [0.29, 0.717) is 0 Å². The van der Waals surface area contributed by atoms with Gasteiger partial charge in [-0.05, 0) is 17.2 Å². The highest BCUT2D eigenvalue weighted by molar-refractivity contribution is 7.85. The van der Waals surface area contributed by atoms with Crippen LogP contribution < -0.4 is 0 Å². The molecule has 0 saturated carbocycles. The molecule has 0 aliphatic heterocycles. The number of aryl methyl sites for hydroxylation is 1. The SMILES string of the molecule is Cn1ccc(C#CS)n1. The summed E-state index contributed by atoms with van der Waals surface area (Å²) in [6.45, 7) is 0. The van der Waals surface area contributed by atoms with Crippen molar-refractivity contribution in [1.82, 2.24) is 9.78 Å². The molecule has 0 aliphatic rings. The van der Waals surface area contributed by atoms with Gasteiger partial charge in [-0.15, -0.1) is 0 Å². The Morgan fingerprint density at radius 1 is 1.78 bits per heavy atom. The monoisotopic (exact) mass is 138 g/mol. The van der Waals surface area contributed by atoms with Crippen molar-refractivity contribution in [1.29, 1.82) is 0 Å². The summed E-state index contributed by atoms with van der Waals surface area (Å²) in [5.41, 5.74) is 0.757. The fourth-order valence-corrected chi connectivity index (χ4v) is 0.654. The Morgan fingerprint density at radius 2 is 2.56 bits per heavy atom. The lowest BCUT2D eigenvalue weighted by Crippen LogP contribution is -1.86. The third-order valence-electron chi connectivity index (χ3n) is 0.898. The lowest BCUT2D eigenvalue weighted by atomic mass is 10.5. The van der Waals surface area contributed by atoms with E-state index in [2.05, 4.69) is 28.9 Å². The molecule has 0 aliphatic carbocycles. The lowest BCUT2D eigenvalue weighted by molar-refractivity contribution is 0.764. The number of nitrogens with zero attached hydrogens (tertiary/aromatic N) is 2. The van der Waals surface area contributed by atoms with Crippen molar-refractivity contribution in [2.24, 2.45) is 7.05 Å². The van der Waals surface area contributed by atoms with Crippen molar-refractivity contribution in [2.45, 2.75) is 0 Å². The molecule has 0 bridgehead atoms. The molecule has 1 heterocycles. The third kappa shape index (κ3) is 1.51. The van der Waals surface area contributed by atoms with E-state index in [1.54, 1.807) is 4.68 Å². The topological polar surface area (TPSA) is 17.8 Å². The second kappa shape index (κ2) is 2.60. The smallest absolute Gasteiger partial charge is 0.136 e. The summed E-state index contributed by atoms with van der Waals surface area (Å²) in [5, 5.41) is 6.46. The predicted molar refractivity (Wildman–Crippen MR) is 39.1 cm³/mol. The van der Waals surface area contributed by atoms with Crippen LogP contribution in [0.1, 0.15) is 5.69 Å². The molecule has 3 heteroatoms. The molecule has 1 aromatic rings. The minimum absolute atomic E-state index is 0.757. The molecule has 0 unspecified atom stereocenters. The van der Waals surface area contributed by atoms with Crippen molar-refractivity contribution < 1.29 is 0 Å². The Balaban J connectivity index is 2.93. The second-order valence-corrected chi connectivity index (χ2v) is 1.84. The van der Waals surface area contributed by atoms with Crippen LogP contribution in [0.15, 0.2) is 12.3 Å². The first-order valence-corrected chi connectivity index (χ1v) is 2.92. The molecule has 0 fully saturated rings. The van der Waals surface area contributed by atoms with Crippen LogP contribution in [0.2, 0.25) is 0 Å². The summed E-state index contributed by atoms with van der Waals surface area (Å²) in [7, 11) is 1.85. The normalized spacial score (nSPS) is 8.22. The molecule has 0 spiro atoms. The molecule has 2 nitrogen and oxygen atoms in total. The molecule has 9 heavy (non-hydrogen) atoms. The summed E-state index contributed by atoms with van der Waals surface area (Å²) < 4.78 is 1.70. The second-order valence-electron chi connectivity index (χ2n) is 1.61. The summed E-state index contributed by atoms with van der Waals surface area (Å²) in [4.78, 5) is 0. The summed E-state index contributed by atoms with van der Waals surface area (Å²) in [5.74, 6) is 2.71. The number of hydrogen-bond donors (Lipinski definition) is 1. The summed E-state index contributed by atoms with van der Waals surface area (Å²) >= 11 is 3.73. The van der Waals surface area contributed by atoms with Gasteiger partial charge >= 0.3 is 0 Å². The van der Waals surface area contributed by atoms with Crippen LogP contribution in [0.3, 0.4) is 0 Å². The maximum atomic E-state index is 3.99. The molecule has 1 rings (SSSR count). The molecular formula is C6H6N2S. The van der Waals surface area contributed by atoms with Crippen LogP contribution in [-0.4, -0.2) is 9.78 Å². The Kier molecular flexibility index (Phi) is 1.81. The van der Waals surface area contributed by atoms with Gasteiger partial charge in [0.05, 0.1) is 0 Å². The van der Waals surface area contributed by atoms with Crippen molar-refractivity contribution in [3.05, 3.63) is 18.0 Å². The quantitative estimate of drug-likeness (QED) is 0.412. The van der Waals surface area contributed by atoms with Gasteiger partial charge < -0.3 is 0 Å². The molecule has 0 radical (unpaired) electrons. The van der Waals surface area contributed by atoms with Crippen LogP contribution >= 0.6 is 12.6 Å². The number of hydrogen-bond acceptors (Lipinski definition) is 2. The highest BCUT2D eigenvalue weighted by Gasteiger charge is 1.86. The maximum Gasteiger partial charge on any atom is 0.136 e. The number of aromatic nitrogens is 2. The van der Waals surface area contributed by atoms with Crippen molar-refractivity contribution in [3.8, 4) is 11.2 Å². The van der Waals surface area contributed by atoms with Gasteiger partial charge in [0.25, 0.3) is 0 Å². The zero-order chi connectivity index (χ0) is 6.69. The van der Waals surface area contributed by atoms with E-state index in [0.717, 1.165) is 5.69 Å². The molecule has 0 amide bonds. The van der Waals surface area contributed by atoms with Gasteiger partial charge in [0.15, 0.2) is 0 Å². The molecule has 0 aromatic carbocycles. The van der Waals surface area contributed by atoms with Gasteiger partial charge in [0.1, 0.15) is 5.69 Å². The van der Waals surface area contributed by atoms with E-state index in [1.807, 2.05) is 19.3 Å². The molecule has 0 N–H and O–H groups in total. The Bertz CT molecular complexity index is 254. The first-order valence-electron chi connectivity index (χ1n) is 2.47. The zero-order valence-corrected chi connectivity index (χ0v) is 5.89. The van der Waals surface area contributed by atoms with E-state index in [9.17, 15) is 0 Å². The van der Waals surface area contributed by atoms with E-state index in [4.69, 9.17) is 0 Å². The largest absolute Gasteiger partial charge is 0.275 e. The Labute approximate surface area is 59.3 Å². The maximum absolute atomic E-state index is 3.99. The van der Waals surface area contributed by atoms with Crippen LogP contribution in [0.5, 0.6) is 0 Å². The van der Waals surface area contributed by atoms with Crippen molar-refractivity contribution in [2.75, 3.05) is 0 Å². The number of thiol groups is 1.